The molecule has 0 aromatic heterocycles. The molecule has 1 aliphatic heterocycles. The highest BCUT2D eigenvalue weighted by Gasteiger charge is 2.44. The molecule has 9 nitrogen and oxygen atoms in total. The van der Waals surface area contributed by atoms with Crippen molar-refractivity contribution in [3.05, 3.63) is 85.1 Å². The lowest BCUT2D eigenvalue weighted by Gasteiger charge is -2.40. The van der Waals surface area contributed by atoms with Crippen molar-refractivity contribution in [1.29, 1.82) is 0 Å². The standard InChI is InChI=1S/C80H145NO8/c1-3-5-7-9-11-13-15-17-19-21-23-25-27-29-31-33-35-36-37-38-40-42-44-46-48-50-52-54-56-58-60-62-64-66-68-70-76(84)81-73(72-88-80-79(87)78(86)77(85)75(71-82)89-80)74(83)69-67-65-63-61-59-57-55-53-51-49-47-45-43-41-39-34-32-30-28-26-24-22-20-18-16-14-12-10-8-6-4-2/h5,7,11,13,17,19,23,25,29,31,35-36,38,40,73-75,77-80,82-83,85-87H,3-4,6,8-10,12,14-16,18,20-22,24,26-28,30,32-34,37,39,41-72H2,1-2H3,(H,81,84)/b7-5-,13-11-,19-17-,25-23-,31-29-,36-35-,40-38-. The third-order valence-corrected chi connectivity index (χ3v) is 18.0. The molecule has 0 aromatic rings. The maximum Gasteiger partial charge on any atom is 0.220 e. The Bertz CT molecular complexity index is 1690. The van der Waals surface area contributed by atoms with Gasteiger partial charge in [0, 0.05) is 6.42 Å². The summed E-state index contributed by atoms with van der Waals surface area (Å²) < 4.78 is 11.4. The van der Waals surface area contributed by atoms with Gasteiger partial charge in [-0.25, -0.2) is 0 Å². The SMILES string of the molecule is CC/C=C\C/C=C\C/C=C\C/C=C\C/C=C\C/C=C\C/C=C\CCCCCCCCCCCCCCCC(=O)NC(COC1OC(CO)C(O)C(O)C1O)C(O)CCCCCCCCCCCCCCCCCCCCCCCCCCCCCCCCC. The lowest BCUT2D eigenvalue weighted by Crippen LogP contribution is -2.60. The van der Waals surface area contributed by atoms with E-state index in [1.165, 1.54) is 250 Å². The molecule has 1 saturated heterocycles. The van der Waals surface area contributed by atoms with Crippen LogP contribution in [0.15, 0.2) is 85.1 Å². The molecule has 1 amide bonds. The smallest absolute Gasteiger partial charge is 0.220 e. The monoisotopic (exact) mass is 1250 g/mol. The molecule has 1 heterocycles. The number of hydrogen-bond donors (Lipinski definition) is 6. The van der Waals surface area contributed by atoms with E-state index in [0.717, 1.165) is 83.5 Å². The Morgan fingerprint density at radius 2 is 0.697 bits per heavy atom. The highest BCUT2D eigenvalue weighted by Crippen LogP contribution is 2.24. The highest BCUT2D eigenvalue weighted by molar-refractivity contribution is 5.76. The second-order valence-electron chi connectivity index (χ2n) is 26.4. The number of unbranched alkanes of at least 4 members (excludes halogenated alkanes) is 43. The van der Waals surface area contributed by atoms with Crippen LogP contribution in [0.1, 0.15) is 361 Å². The van der Waals surface area contributed by atoms with Crippen molar-refractivity contribution >= 4 is 5.91 Å². The van der Waals surface area contributed by atoms with Crippen molar-refractivity contribution < 1.29 is 39.8 Å². The number of aliphatic hydroxyl groups excluding tert-OH is 5. The molecule has 9 heteroatoms. The van der Waals surface area contributed by atoms with Gasteiger partial charge in [-0.15, -0.1) is 0 Å². The fraction of sp³-hybridized carbons (Fsp3) is 0.812. The van der Waals surface area contributed by atoms with Crippen molar-refractivity contribution in [2.75, 3.05) is 13.2 Å². The minimum Gasteiger partial charge on any atom is -0.394 e. The fourth-order valence-electron chi connectivity index (χ4n) is 12.1. The van der Waals surface area contributed by atoms with Gasteiger partial charge in [0.05, 0.1) is 25.4 Å². The lowest BCUT2D eigenvalue weighted by molar-refractivity contribution is -0.302. The number of nitrogens with one attached hydrogen (secondary N) is 1. The summed E-state index contributed by atoms with van der Waals surface area (Å²) in [5, 5.41) is 55.1. The zero-order valence-corrected chi connectivity index (χ0v) is 58.2. The summed E-state index contributed by atoms with van der Waals surface area (Å²) in [6, 6.07) is -0.726. The van der Waals surface area contributed by atoms with Crippen LogP contribution in [0.25, 0.3) is 0 Å². The van der Waals surface area contributed by atoms with Gasteiger partial charge in [0.1, 0.15) is 24.4 Å². The zero-order valence-electron chi connectivity index (χ0n) is 58.2. The average molecular weight is 1250 g/mol. The van der Waals surface area contributed by atoms with Crippen molar-refractivity contribution in [3.63, 3.8) is 0 Å². The van der Waals surface area contributed by atoms with Crippen molar-refractivity contribution in [3.8, 4) is 0 Å². The summed E-state index contributed by atoms with van der Waals surface area (Å²) in [5.74, 6) is -0.143. The lowest BCUT2D eigenvalue weighted by atomic mass is 9.99. The molecule has 0 spiro atoms. The van der Waals surface area contributed by atoms with Crippen molar-refractivity contribution in [2.45, 2.75) is 403 Å². The zero-order chi connectivity index (χ0) is 64.2. The van der Waals surface area contributed by atoms with E-state index in [2.05, 4.69) is 104 Å². The normalized spacial score (nSPS) is 18.3. The Balaban J connectivity index is 2.09. The molecule has 0 aliphatic carbocycles. The van der Waals surface area contributed by atoms with Crippen molar-refractivity contribution in [1.82, 2.24) is 5.32 Å². The van der Waals surface area contributed by atoms with Gasteiger partial charge in [-0.2, -0.15) is 0 Å². The third-order valence-electron chi connectivity index (χ3n) is 18.0. The van der Waals surface area contributed by atoms with Crippen LogP contribution < -0.4 is 5.32 Å². The van der Waals surface area contributed by atoms with E-state index in [1.807, 2.05) is 0 Å². The number of aliphatic hydroxyl groups is 5. The first-order valence-electron chi connectivity index (χ1n) is 38.3. The summed E-state index contributed by atoms with van der Waals surface area (Å²) in [5.41, 5.74) is 0. The van der Waals surface area contributed by atoms with E-state index in [1.54, 1.807) is 0 Å². The van der Waals surface area contributed by atoms with Crippen LogP contribution in [-0.4, -0.2) is 87.5 Å². The van der Waals surface area contributed by atoms with Crippen LogP contribution in [0.2, 0.25) is 0 Å². The summed E-state index contributed by atoms with van der Waals surface area (Å²) in [6.45, 7) is 3.77. The minimum atomic E-state index is -1.56. The largest absolute Gasteiger partial charge is 0.394 e. The predicted molar refractivity (Wildman–Crippen MR) is 382 cm³/mol. The average Bonchev–Trinajstić information content (AvgIpc) is 2.28. The predicted octanol–water partition coefficient (Wildman–Crippen LogP) is 21.6. The highest BCUT2D eigenvalue weighted by atomic mass is 16.7. The molecule has 0 radical (unpaired) electrons. The molecule has 7 atom stereocenters. The van der Waals surface area contributed by atoms with Gasteiger partial charge in [-0.3, -0.25) is 4.79 Å². The molecule has 6 N–H and O–H groups in total. The Morgan fingerprint density at radius 1 is 0.393 bits per heavy atom. The van der Waals surface area contributed by atoms with E-state index in [9.17, 15) is 30.3 Å². The van der Waals surface area contributed by atoms with E-state index in [-0.39, 0.29) is 12.5 Å². The number of hydrogen-bond acceptors (Lipinski definition) is 8. The van der Waals surface area contributed by atoms with E-state index in [0.29, 0.717) is 12.8 Å². The first kappa shape index (κ1) is 84.4. The van der Waals surface area contributed by atoms with Crippen molar-refractivity contribution in [2.24, 2.45) is 0 Å². The third kappa shape index (κ3) is 56.6. The molecule has 0 aromatic carbocycles. The topological polar surface area (TPSA) is 149 Å². The van der Waals surface area contributed by atoms with Crippen LogP contribution in [0.4, 0.5) is 0 Å². The second-order valence-corrected chi connectivity index (χ2v) is 26.4. The molecule has 1 fully saturated rings. The summed E-state index contributed by atoms with van der Waals surface area (Å²) >= 11 is 0. The maximum absolute atomic E-state index is 13.2. The molecule has 1 aliphatic rings. The Morgan fingerprint density at radius 3 is 1.03 bits per heavy atom. The number of rotatable bonds is 67. The number of carbonyl (C=O) groups is 1. The van der Waals surface area contributed by atoms with Gasteiger partial charge < -0.3 is 40.3 Å². The molecule has 518 valence electrons. The Labute approximate surface area is 550 Å². The molecular formula is C80H145NO8. The number of amides is 1. The van der Waals surface area contributed by atoms with Gasteiger partial charge in [0.25, 0.3) is 0 Å². The van der Waals surface area contributed by atoms with Crippen LogP contribution in [0.5, 0.6) is 0 Å². The van der Waals surface area contributed by atoms with Crippen LogP contribution in [0, 0.1) is 0 Å². The summed E-state index contributed by atoms with van der Waals surface area (Å²) in [6.07, 6.45) is 91.0. The number of ether oxygens (including phenoxy) is 2. The Kier molecular flexibility index (Phi) is 64.7. The summed E-state index contributed by atoms with van der Waals surface area (Å²) in [7, 11) is 0. The van der Waals surface area contributed by atoms with Crippen LogP contribution >= 0.6 is 0 Å². The number of allylic oxidation sites excluding steroid dienone is 14. The van der Waals surface area contributed by atoms with E-state index >= 15 is 0 Å². The van der Waals surface area contributed by atoms with Gasteiger partial charge in [0.2, 0.25) is 5.91 Å². The second kappa shape index (κ2) is 68.2. The van der Waals surface area contributed by atoms with Gasteiger partial charge in [-0.1, -0.05) is 369 Å². The summed E-state index contributed by atoms with van der Waals surface area (Å²) in [4.78, 5) is 13.2. The van der Waals surface area contributed by atoms with Gasteiger partial charge >= 0.3 is 0 Å². The fourth-order valence-corrected chi connectivity index (χ4v) is 12.1. The molecule has 7 unspecified atom stereocenters. The van der Waals surface area contributed by atoms with E-state index < -0.39 is 49.5 Å². The van der Waals surface area contributed by atoms with Crippen LogP contribution in [-0.2, 0) is 14.3 Å². The molecule has 0 saturated carbocycles. The molecule has 0 bridgehead atoms. The van der Waals surface area contributed by atoms with Gasteiger partial charge in [-0.05, 0) is 70.6 Å². The van der Waals surface area contributed by atoms with Crippen LogP contribution in [0.3, 0.4) is 0 Å². The maximum atomic E-state index is 13.2. The molecule has 89 heavy (non-hydrogen) atoms. The first-order valence-corrected chi connectivity index (χ1v) is 38.3. The number of carbonyl (C=O) groups excluding carboxylic acids is 1. The minimum absolute atomic E-state index is 0.139. The van der Waals surface area contributed by atoms with Gasteiger partial charge in [0.15, 0.2) is 6.29 Å². The Hall–Kier alpha value is -2.63. The van der Waals surface area contributed by atoms with E-state index in [4.69, 9.17) is 9.47 Å². The first-order chi connectivity index (χ1) is 43.8. The molecule has 1 rings (SSSR count). The molecular weight excluding hydrogens is 1100 g/mol. The quantitative estimate of drug-likeness (QED) is 0.0261.